The summed E-state index contributed by atoms with van der Waals surface area (Å²) in [5.74, 6) is -0.174. The molecule has 0 bridgehead atoms. The molecule has 0 spiro atoms. The lowest BCUT2D eigenvalue weighted by Crippen LogP contribution is -2.14. The Balaban J connectivity index is 2.24. The van der Waals surface area contributed by atoms with Gasteiger partial charge in [-0.2, -0.15) is 0 Å². The second-order valence-corrected chi connectivity index (χ2v) is 4.44. The molecule has 0 saturated heterocycles. The highest BCUT2D eigenvalue weighted by molar-refractivity contribution is 6.03. The smallest absolute Gasteiger partial charge is 0.274 e. The van der Waals surface area contributed by atoms with Crippen molar-refractivity contribution < 1.29 is 4.79 Å². The molecular weight excluding hydrogens is 224 g/mol. The molecule has 0 fully saturated rings. The summed E-state index contributed by atoms with van der Waals surface area (Å²) >= 11 is 0. The first-order valence-corrected chi connectivity index (χ1v) is 5.88. The Morgan fingerprint density at radius 2 is 1.89 bits per heavy atom. The summed E-state index contributed by atoms with van der Waals surface area (Å²) in [6.45, 7) is 5.84. The van der Waals surface area contributed by atoms with Crippen LogP contribution in [0, 0.1) is 20.8 Å². The number of anilines is 1. The molecule has 18 heavy (non-hydrogen) atoms. The first-order valence-electron chi connectivity index (χ1n) is 5.88. The van der Waals surface area contributed by atoms with Gasteiger partial charge in [0.25, 0.3) is 5.91 Å². The lowest BCUT2D eigenvalue weighted by Gasteiger charge is -2.09. The maximum atomic E-state index is 12.1. The largest absolute Gasteiger partial charge is 0.320 e. The van der Waals surface area contributed by atoms with E-state index in [1.807, 2.05) is 51.1 Å². The summed E-state index contributed by atoms with van der Waals surface area (Å²) in [6, 6.07) is 11.4. The van der Waals surface area contributed by atoms with E-state index in [1.165, 1.54) is 0 Å². The van der Waals surface area contributed by atoms with Crippen molar-refractivity contribution in [3.63, 3.8) is 0 Å². The van der Waals surface area contributed by atoms with E-state index in [2.05, 4.69) is 10.3 Å². The van der Waals surface area contributed by atoms with Gasteiger partial charge >= 0.3 is 0 Å². The average molecular weight is 240 g/mol. The molecule has 0 unspecified atom stereocenters. The van der Waals surface area contributed by atoms with Crippen LogP contribution in [0.15, 0.2) is 36.4 Å². The van der Waals surface area contributed by atoms with Gasteiger partial charge in [-0.25, -0.2) is 4.98 Å². The number of nitrogens with zero attached hydrogens (tertiary/aromatic N) is 1. The van der Waals surface area contributed by atoms with Gasteiger partial charge in [0.1, 0.15) is 5.69 Å². The van der Waals surface area contributed by atoms with E-state index in [-0.39, 0.29) is 5.91 Å². The number of hydrogen-bond donors (Lipinski definition) is 1. The average Bonchev–Trinajstić information content (AvgIpc) is 2.34. The maximum absolute atomic E-state index is 12.1. The fourth-order valence-electron chi connectivity index (χ4n) is 1.73. The van der Waals surface area contributed by atoms with Crippen molar-refractivity contribution in [2.24, 2.45) is 0 Å². The third-order valence-electron chi connectivity index (χ3n) is 2.76. The third-order valence-corrected chi connectivity index (χ3v) is 2.76. The van der Waals surface area contributed by atoms with Crippen molar-refractivity contribution in [1.29, 1.82) is 0 Å². The fraction of sp³-hybridized carbons (Fsp3) is 0.200. The van der Waals surface area contributed by atoms with Crippen molar-refractivity contribution in [2.45, 2.75) is 20.8 Å². The zero-order chi connectivity index (χ0) is 13.1. The summed E-state index contributed by atoms with van der Waals surface area (Å²) in [6.07, 6.45) is 0. The number of hydrogen-bond acceptors (Lipinski definition) is 2. The summed E-state index contributed by atoms with van der Waals surface area (Å²) in [5.41, 5.74) is 4.28. The maximum Gasteiger partial charge on any atom is 0.274 e. The Hall–Kier alpha value is -2.16. The Morgan fingerprint density at radius 1 is 1.11 bits per heavy atom. The molecule has 0 saturated carbocycles. The third kappa shape index (κ3) is 2.74. The standard InChI is InChI=1S/C15H16N2O/c1-10-7-8-11(2)14(9-10)17-15(18)13-6-4-5-12(3)16-13/h4-9H,1-3H3,(H,17,18). The molecular formula is C15H16N2O. The molecule has 1 heterocycles. The van der Waals surface area contributed by atoms with Gasteiger partial charge in [-0.1, -0.05) is 18.2 Å². The normalized spacial score (nSPS) is 10.2. The van der Waals surface area contributed by atoms with E-state index < -0.39 is 0 Å². The Labute approximate surface area is 107 Å². The molecule has 2 aromatic rings. The van der Waals surface area contributed by atoms with Gasteiger partial charge in [-0.3, -0.25) is 4.79 Å². The summed E-state index contributed by atoms with van der Waals surface area (Å²) < 4.78 is 0. The number of amides is 1. The molecule has 3 nitrogen and oxygen atoms in total. The van der Waals surface area contributed by atoms with Crippen LogP contribution in [0.5, 0.6) is 0 Å². The summed E-state index contributed by atoms with van der Waals surface area (Å²) in [5, 5.41) is 2.89. The monoisotopic (exact) mass is 240 g/mol. The van der Waals surface area contributed by atoms with E-state index in [9.17, 15) is 4.79 Å². The fourth-order valence-corrected chi connectivity index (χ4v) is 1.73. The summed E-state index contributed by atoms with van der Waals surface area (Å²) in [7, 11) is 0. The molecule has 0 aliphatic rings. The van der Waals surface area contributed by atoms with Gasteiger partial charge in [-0.15, -0.1) is 0 Å². The molecule has 0 radical (unpaired) electrons. The SMILES string of the molecule is Cc1ccc(C)c(NC(=O)c2cccc(C)n2)c1. The van der Waals surface area contributed by atoms with Crippen LogP contribution in [0.2, 0.25) is 0 Å². The van der Waals surface area contributed by atoms with Gasteiger partial charge < -0.3 is 5.32 Å². The van der Waals surface area contributed by atoms with Crippen molar-refractivity contribution in [3.8, 4) is 0 Å². The molecule has 2 rings (SSSR count). The number of pyridine rings is 1. The zero-order valence-corrected chi connectivity index (χ0v) is 10.8. The van der Waals surface area contributed by atoms with Crippen LogP contribution in [0.4, 0.5) is 5.69 Å². The van der Waals surface area contributed by atoms with Crippen LogP contribution in [0.25, 0.3) is 0 Å². The van der Waals surface area contributed by atoms with Crippen LogP contribution < -0.4 is 5.32 Å². The van der Waals surface area contributed by atoms with Crippen LogP contribution in [-0.2, 0) is 0 Å². The number of carbonyl (C=O) groups is 1. The van der Waals surface area contributed by atoms with Gasteiger partial charge in [0.05, 0.1) is 0 Å². The highest BCUT2D eigenvalue weighted by Gasteiger charge is 2.09. The van der Waals surface area contributed by atoms with Gasteiger partial charge in [-0.05, 0) is 50.1 Å². The number of benzene rings is 1. The van der Waals surface area contributed by atoms with Crippen LogP contribution in [0.1, 0.15) is 27.3 Å². The minimum atomic E-state index is -0.174. The summed E-state index contributed by atoms with van der Waals surface area (Å²) in [4.78, 5) is 16.3. The minimum Gasteiger partial charge on any atom is -0.320 e. The lowest BCUT2D eigenvalue weighted by atomic mass is 10.1. The van der Waals surface area contributed by atoms with Crippen molar-refractivity contribution in [2.75, 3.05) is 5.32 Å². The molecule has 0 atom stereocenters. The van der Waals surface area contributed by atoms with Crippen LogP contribution in [0.3, 0.4) is 0 Å². The van der Waals surface area contributed by atoms with Crippen LogP contribution >= 0.6 is 0 Å². The predicted octanol–water partition coefficient (Wildman–Crippen LogP) is 3.26. The molecule has 1 aromatic carbocycles. The number of aromatic nitrogens is 1. The van der Waals surface area contributed by atoms with E-state index in [0.29, 0.717) is 5.69 Å². The molecule has 1 aromatic heterocycles. The number of nitrogens with one attached hydrogen (secondary N) is 1. The number of carbonyl (C=O) groups excluding carboxylic acids is 1. The topological polar surface area (TPSA) is 42.0 Å². The molecule has 0 aliphatic heterocycles. The Morgan fingerprint density at radius 3 is 2.61 bits per heavy atom. The molecule has 3 heteroatoms. The van der Waals surface area contributed by atoms with Gasteiger partial charge in [0.2, 0.25) is 0 Å². The Kier molecular flexibility index (Phi) is 3.42. The van der Waals surface area contributed by atoms with Gasteiger partial charge in [0.15, 0.2) is 0 Å². The minimum absolute atomic E-state index is 0.174. The van der Waals surface area contributed by atoms with Gasteiger partial charge in [0, 0.05) is 11.4 Å². The first kappa shape index (κ1) is 12.3. The highest BCUT2D eigenvalue weighted by Crippen LogP contribution is 2.17. The van der Waals surface area contributed by atoms with E-state index in [0.717, 1.165) is 22.5 Å². The molecule has 1 N–H and O–H groups in total. The molecule has 92 valence electrons. The van der Waals surface area contributed by atoms with Crippen LogP contribution in [-0.4, -0.2) is 10.9 Å². The Bertz CT molecular complexity index is 591. The second-order valence-electron chi connectivity index (χ2n) is 4.44. The van der Waals surface area contributed by atoms with E-state index in [1.54, 1.807) is 6.07 Å². The molecule has 1 amide bonds. The quantitative estimate of drug-likeness (QED) is 0.875. The lowest BCUT2D eigenvalue weighted by molar-refractivity contribution is 0.102. The van der Waals surface area contributed by atoms with Crippen molar-refractivity contribution in [1.82, 2.24) is 4.98 Å². The number of rotatable bonds is 2. The molecule has 0 aliphatic carbocycles. The van der Waals surface area contributed by atoms with Crippen molar-refractivity contribution >= 4 is 11.6 Å². The second kappa shape index (κ2) is 5.00. The highest BCUT2D eigenvalue weighted by atomic mass is 16.1. The zero-order valence-electron chi connectivity index (χ0n) is 10.8. The van der Waals surface area contributed by atoms with E-state index >= 15 is 0 Å². The number of aryl methyl sites for hydroxylation is 3. The van der Waals surface area contributed by atoms with E-state index in [4.69, 9.17) is 0 Å². The van der Waals surface area contributed by atoms with Crippen molar-refractivity contribution in [3.05, 3.63) is 58.9 Å². The predicted molar refractivity (Wildman–Crippen MR) is 72.8 cm³/mol. The first-order chi connectivity index (χ1) is 8.56.